The van der Waals surface area contributed by atoms with E-state index in [1.807, 2.05) is 0 Å². The van der Waals surface area contributed by atoms with Crippen LogP contribution in [-0.4, -0.2) is 27.9 Å². The van der Waals surface area contributed by atoms with E-state index in [-0.39, 0.29) is 0 Å². The fourth-order valence-corrected chi connectivity index (χ4v) is 2.71. The summed E-state index contributed by atoms with van der Waals surface area (Å²) in [6.07, 6.45) is 14.6. The molecule has 0 saturated heterocycles. The molecule has 0 aromatic rings. The van der Waals surface area contributed by atoms with E-state index >= 15 is 0 Å². The van der Waals surface area contributed by atoms with Gasteiger partial charge in [-0.25, -0.2) is 4.57 Å². The zero-order valence-corrected chi connectivity index (χ0v) is 17.6. The maximum atomic E-state index is 11.4. The van der Waals surface area contributed by atoms with E-state index in [0.717, 1.165) is 12.8 Å². The minimum Gasteiger partial charge on any atom is -0.303 e. The van der Waals surface area contributed by atoms with Crippen LogP contribution < -0.4 is 0 Å². The third-order valence-corrected chi connectivity index (χ3v) is 4.18. The van der Waals surface area contributed by atoms with Gasteiger partial charge < -0.3 is 14.7 Å². The van der Waals surface area contributed by atoms with Crippen LogP contribution in [0.25, 0.3) is 0 Å². The van der Waals surface area contributed by atoms with Crippen molar-refractivity contribution in [2.45, 2.75) is 90.9 Å². The van der Waals surface area contributed by atoms with E-state index in [0.29, 0.717) is 13.2 Å². The second-order valence-electron chi connectivity index (χ2n) is 5.94. The molecule has 152 valence electrons. The van der Waals surface area contributed by atoms with Crippen molar-refractivity contribution >= 4 is 16.1 Å². The molecule has 0 atom stereocenters. The van der Waals surface area contributed by atoms with Crippen molar-refractivity contribution in [1.29, 1.82) is 0 Å². The molecule has 0 fully saturated rings. The number of unbranched alkanes of at least 4 members (excludes halogenated alkanes) is 10. The summed E-state index contributed by atoms with van der Waals surface area (Å²) >= 11 is 0. The Morgan fingerprint density at radius 2 is 0.960 bits per heavy atom. The van der Waals surface area contributed by atoms with Gasteiger partial charge >= 0.3 is 16.1 Å². The van der Waals surface area contributed by atoms with Crippen LogP contribution in [-0.2, 0) is 18.2 Å². The average Bonchev–Trinajstić information content (AvgIpc) is 2.51. The van der Waals surface area contributed by atoms with Crippen LogP contribution in [0.1, 0.15) is 90.9 Å². The van der Waals surface area contributed by atoms with Crippen molar-refractivity contribution in [3.63, 3.8) is 0 Å². The molecular formula is C16H37O7P2+. The Kier molecular flexibility index (Phi) is 22.4. The number of hydrogen-bond donors (Lipinski definition) is 3. The van der Waals surface area contributed by atoms with Crippen LogP contribution in [0.15, 0.2) is 0 Å². The molecule has 0 aliphatic rings. The minimum absolute atomic E-state index is 0.567. The Labute approximate surface area is 153 Å². The Hall–Kier alpha value is 0.130. The summed E-state index contributed by atoms with van der Waals surface area (Å²) in [5.74, 6) is 0. The Morgan fingerprint density at radius 3 is 1.28 bits per heavy atom. The zero-order valence-electron chi connectivity index (χ0n) is 15.8. The van der Waals surface area contributed by atoms with Gasteiger partial charge in [-0.05, 0) is 12.8 Å². The monoisotopic (exact) mass is 403 g/mol. The Bertz CT molecular complexity index is 306. The summed E-state index contributed by atoms with van der Waals surface area (Å²) in [6, 6.07) is 0. The van der Waals surface area contributed by atoms with E-state index in [1.165, 1.54) is 64.2 Å². The summed E-state index contributed by atoms with van der Waals surface area (Å²) in [7, 11) is -6.52. The first-order valence-corrected chi connectivity index (χ1v) is 12.0. The Morgan fingerprint density at radius 1 is 0.680 bits per heavy atom. The lowest BCUT2D eigenvalue weighted by molar-refractivity contribution is 0.218. The number of hydrogen-bond acceptors (Lipinski definition) is 4. The first-order valence-electron chi connectivity index (χ1n) is 9.32. The van der Waals surface area contributed by atoms with Gasteiger partial charge in [0.05, 0.1) is 0 Å². The average molecular weight is 403 g/mol. The lowest BCUT2D eigenvalue weighted by Crippen LogP contribution is -1.92. The fraction of sp³-hybridized carbons (Fsp3) is 1.00. The van der Waals surface area contributed by atoms with Gasteiger partial charge in [0.2, 0.25) is 0 Å². The van der Waals surface area contributed by atoms with E-state index < -0.39 is 16.1 Å². The Balaban J connectivity index is 0. The first-order chi connectivity index (χ1) is 11.8. The van der Waals surface area contributed by atoms with E-state index in [4.69, 9.17) is 28.3 Å². The maximum Gasteiger partial charge on any atom is 0.697 e. The predicted molar refractivity (Wildman–Crippen MR) is 101 cm³/mol. The van der Waals surface area contributed by atoms with Gasteiger partial charge in [0, 0.05) is 4.57 Å². The van der Waals surface area contributed by atoms with Crippen LogP contribution in [0.3, 0.4) is 0 Å². The molecule has 9 heteroatoms. The van der Waals surface area contributed by atoms with Gasteiger partial charge in [-0.1, -0.05) is 78.1 Å². The summed E-state index contributed by atoms with van der Waals surface area (Å²) in [5, 5.41) is 0. The zero-order chi connectivity index (χ0) is 19.4. The van der Waals surface area contributed by atoms with Gasteiger partial charge in [-0.15, -0.1) is 9.05 Å². The van der Waals surface area contributed by atoms with Gasteiger partial charge in [0.15, 0.2) is 0 Å². The second kappa shape index (κ2) is 20.4. The molecule has 0 aliphatic heterocycles. The summed E-state index contributed by atoms with van der Waals surface area (Å²) in [5.41, 5.74) is 0. The maximum absolute atomic E-state index is 11.4. The molecule has 0 rings (SSSR count). The van der Waals surface area contributed by atoms with Gasteiger partial charge in [0.1, 0.15) is 13.2 Å². The molecule has 0 spiro atoms. The highest BCUT2D eigenvalue weighted by Crippen LogP contribution is 2.26. The molecule has 0 aromatic carbocycles. The van der Waals surface area contributed by atoms with Crippen molar-refractivity contribution < 1.29 is 32.9 Å². The molecule has 25 heavy (non-hydrogen) atoms. The summed E-state index contributed by atoms with van der Waals surface area (Å²) in [6.45, 7) is 5.57. The molecule has 3 N–H and O–H groups in total. The van der Waals surface area contributed by atoms with Crippen molar-refractivity contribution in [2.24, 2.45) is 0 Å². The van der Waals surface area contributed by atoms with Crippen molar-refractivity contribution in [3.05, 3.63) is 0 Å². The summed E-state index contributed by atoms with van der Waals surface area (Å²) < 4.78 is 30.7. The molecule has 7 nitrogen and oxygen atoms in total. The van der Waals surface area contributed by atoms with Crippen LogP contribution in [0.2, 0.25) is 0 Å². The highest BCUT2D eigenvalue weighted by atomic mass is 31.2. The van der Waals surface area contributed by atoms with Crippen molar-refractivity contribution in [1.82, 2.24) is 0 Å². The quantitative estimate of drug-likeness (QED) is 0.231. The van der Waals surface area contributed by atoms with Crippen molar-refractivity contribution in [2.75, 3.05) is 13.2 Å². The lowest BCUT2D eigenvalue weighted by atomic mass is 10.1. The highest BCUT2D eigenvalue weighted by molar-refractivity contribution is 7.45. The minimum atomic E-state index is -4.64. The molecule has 0 aromatic heterocycles. The SMILES string of the molecule is CCCCCCCCO[P+](=O)OCCCCCCCC.O=P(O)(O)O. The molecule has 0 amide bonds. The van der Waals surface area contributed by atoms with Crippen LogP contribution in [0.5, 0.6) is 0 Å². The molecular weight excluding hydrogens is 366 g/mol. The topological polar surface area (TPSA) is 113 Å². The number of phosphoric acid groups is 1. The van der Waals surface area contributed by atoms with Crippen molar-refractivity contribution in [3.8, 4) is 0 Å². The number of rotatable bonds is 16. The normalized spacial score (nSPS) is 11.1. The van der Waals surface area contributed by atoms with Gasteiger partial charge in [0.25, 0.3) is 0 Å². The molecule has 0 unspecified atom stereocenters. The highest BCUT2D eigenvalue weighted by Gasteiger charge is 2.18. The van der Waals surface area contributed by atoms with Gasteiger partial charge in [-0.2, -0.15) is 0 Å². The fourth-order valence-electron chi connectivity index (χ4n) is 2.08. The smallest absolute Gasteiger partial charge is 0.303 e. The van der Waals surface area contributed by atoms with E-state index in [9.17, 15) is 4.57 Å². The van der Waals surface area contributed by atoms with Crippen LogP contribution >= 0.6 is 16.1 Å². The third-order valence-electron chi connectivity index (χ3n) is 3.39. The van der Waals surface area contributed by atoms with E-state index in [2.05, 4.69) is 13.8 Å². The first kappa shape index (κ1) is 27.3. The third kappa shape index (κ3) is 36.0. The molecule has 0 saturated carbocycles. The molecule has 0 heterocycles. The standard InChI is InChI=1S/C16H34O3P.H3O4P/c1-3-5-7-9-11-13-15-18-20(17)19-16-14-12-10-8-6-4-2;1-5(2,3)4/h3-16H2,1-2H3;(H3,1,2,3,4)/q+1;. The summed E-state index contributed by atoms with van der Waals surface area (Å²) in [4.78, 5) is 21.6. The van der Waals surface area contributed by atoms with Crippen LogP contribution in [0, 0.1) is 0 Å². The predicted octanol–water partition coefficient (Wildman–Crippen LogP) is 5.47. The lowest BCUT2D eigenvalue weighted by Gasteiger charge is -1.98. The van der Waals surface area contributed by atoms with Crippen LogP contribution in [0.4, 0.5) is 0 Å². The molecule has 0 aliphatic carbocycles. The molecule has 0 radical (unpaired) electrons. The second-order valence-corrected chi connectivity index (χ2v) is 7.93. The largest absolute Gasteiger partial charge is 0.697 e. The molecule has 0 bridgehead atoms. The van der Waals surface area contributed by atoms with E-state index in [1.54, 1.807) is 0 Å². The van der Waals surface area contributed by atoms with Gasteiger partial charge in [-0.3, -0.25) is 0 Å².